The van der Waals surface area contributed by atoms with Crippen molar-refractivity contribution in [1.29, 1.82) is 0 Å². The molecule has 2 rings (SSSR count). The summed E-state index contributed by atoms with van der Waals surface area (Å²) in [6, 6.07) is 7.20. The van der Waals surface area contributed by atoms with Gasteiger partial charge in [0.15, 0.2) is 0 Å². The first-order chi connectivity index (χ1) is 9.13. The smallest absolute Gasteiger partial charge is 0.284 e. The summed E-state index contributed by atoms with van der Waals surface area (Å²) in [5.41, 5.74) is 0.864. The van der Waals surface area contributed by atoms with E-state index >= 15 is 0 Å². The van der Waals surface area contributed by atoms with Crippen LogP contribution in [0.2, 0.25) is 0 Å². The Labute approximate surface area is 121 Å². The minimum absolute atomic E-state index is 0.178. The zero-order valence-corrected chi connectivity index (χ0v) is 12.2. The fourth-order valence-corrected chi connectivity index (χ4v) is 2.09. The normalized spacial score (nSPS) is 10.9. The average molecular weight is 349 g/mol. The lowest BCUT2D eigenvalue weighted by Gasteiger charge is -2.03. The van der Waals surface area contributed by atoms with Gasteiger partial charge in [-0.1, -0.05) is 11.8 Å². The fraction of sp³-hybridized carbons (Fsp3) is 0.250. The molecule has 0 bridgehead atoms. The van der Waals surface area contributed by atoms with Crippen LogP contribution in [0.15, 0.2) is 39.5 Å². The quantitative estimate of drug-likeness (QED) is 0.779. The number of hydrogen-bond acceptors (Lipinski definition) is 4. The van der Waals surface area contributed by atoms with Crippen LogP contribution in [0.4, 0.5) is 14.5 Å². The number of halogens is 3. The van der Waals surface area contributed by atoms with Crippen molar-refractivity contribution in [3.63, 3.8) is 0 Å². The fourth-order valence-electron chi connectivity index (χ4n) is 1.41. The molecule has 7 heteroatoms. The van der Waals surface area contributed by atoms with Crippen molar-refractivity contribution in [3.05, 3.63) is 46.6 Å². The Morgan fingerprint density at radius 1 is 1.26 bits per heavy atom. The Kier molecular flexibility index (Phi) is 5.21. The van der Waals surface area contributed by atoms with E-state index < -0.39 is 5.76 Å². The molecule has 0 radical (unpaired) electrons. The van der Waals surface area contributed by atoms with Gasteiger partial charge in [0.2, 0.25) is 0 Å². The second-order valence-electron chi connectivity index (χ2n) is 3.66. The highest BCUT2D eigenvalue weighted by Gasteiger charge is 2.07. The summed E-state index contributed by atoms with van der Waals surface area (Å²) in [5.74, 6) is -0.943. The molecule has 2 heterocycles. The van der Waals surface area contributed by atoms with E-state index in [1.165, 1.54) is 0 Å². The molecule has 0 unspecified atom stereocenters. The molecule has 0 spiro atoms. The third kappa shape index (κ3) is 4.83. The van der Waals surface area contributed by atoms with Crippen molar-refractivity contribution in [2.45, 2.75) is 18.1 Å². The van der Waals surface area contributed by atoms with Crippen molar-refractivity contribution in [3.8, 4) is 0 Å². The van der Waals surface area contributed by atoms with E-state index in [0.717, 1.165) is 10.3 Å². The molecule has 19 heavy (non-hydrogen) atoms. The minimum atomic E-state index is -2.37. The number of pyridine rings is 1. The van der Waals surface area contributed by atoms with Crippen LogP contribution in [0.25, 0.3) is 0 Å². The van der Waals surface area contributed by atoms with Gasteiger partial charge in [0.25, 0.3) is 5.76 Å². The second kappa shape index (κ2) is 6.91. The molecule has 2 aromatic rings. The second-order valence-corrected chi connectivity index (χ2v) is 5.45. The molecular weight excluding hydrogens is 338 g/mol. The SMILES string of the molecule is FC(F)SCc1ccc(CNc2ccc(Br)nc2)o1. The lowest BCUT2D eigenvalue weighted by atomic mass is 10.4. The summed E-state index contributed by atoms with van der Waals surface area (Å²) in [4.78, 5) is 4.08. The maximum Gasteiger partial charge on any atom is 0.284 e. The summed E-state index contributed by atoms with van der Waals surface area (Å²) in [5, 5.41) is 3.13. The van der Waals surface area contributed by atoms with Crippen LogP contribution in [0, 0.1) is 0 Å². The van der Waals surface area contributed by atoms with Crippen molar-refractivity contribution in [2.75, 3.05) is 5.32 Å². The lowest BCUT2D eigenvalue weighted by molar-refractivity contribution is 0.251. The summed E-state index contributed by atoms with van der Waals surface area (Å²) < 4.78 is 30.3. The number of anilines is 1. The molecule has 0 atom stereocenters. The van der Waals surface area contributed by atoms with Gasteiger partial charge in [-0.2, -0.15) is 8.78 Å². The topological polar surface area (TPSA) is 38.1 Å². The van der Waals surface area contributed by atoms with Crippen LogP contribution < -0.4 is 5.32 Å². The minimum Gasteiger partial charge on any atom is -0.463 e. The maximum atomic E-state index is 12.0. The molecule has 0 saturated carbocycles. The summed E-state index contributed by atoms with van der Waals surface area (Å²) in [7, 11) is 0. The Hall–Kier alpha value is -1.08. The van der Waals surface area contributed by atoms with E-state index in [2.05, 4.69) is 26.2 Å². The number of furan rings is 1. The first-order valence-corrected chi connectivity index (χ1v) is 7.30. The monoisotopic (exact) mass is 348 g/mol. The van der Waals surface area contributed by atoms with E-state index in [1.807, 2.05) is 12.1 Å². The zero-order chi connectivity index (χ0) is 13.7. The van der Waals surface area contributed by atoms with E-state index in [4.69, 9.17) is 4.42 Å². The third-order valence-corrected chi connectivity index (χ3v) is 3.44. The first-order valence-electron chi connectivity index (χ1n) is 5.46. The highest BCUT2D eigenvalue weighted by Crippen LogP contribution is 2.21. The molecule has 0 saturated heterocycles. The predicted octanol–water partition coefficient (Wildman–Crippen LogP) is 4.51. The van der Waals surface area contributed by atoms with Gasteiger partial charge in [0.1, 0.15) is 16.1 Å². The van der Waals surface area contributed by atoms with Crippen molar-refractivity contribution < 1.29 is 13.2 Å². The summed E-state index contributed by atoms with van der Waals surface area (Å²) in [6.07, 6.45) is 1.70. The summed E-state index contributed by atoms with van der Waals surface area (Å²) >= 11 is 3.80. The van der Waals surface area contributed by atoms with Crippen LogP contribution in [-0.2, 0) is 12.3 Å². The molecule has 0 aliphatic rings. The van der Waals surface area contributed by atoms with Crippen LogP contribution in [0.1, 0.15) is 11.5 Å². The van der Waals surface area contributed by atoms with Gasteiger partial charge in [-0.3, -0.25) is 0 Å². The highest BCUT2D eigenvalue weighted by molar-refractivity contribution is 9.10. The van der Waals surface area contributed by atoms with E-state index in [1.54, 1.807) is 18.3 Å². The van der Waals surface area contributed by atoms with Crippen LogP contribution >= 0.6 is 27.7 Å². The molecule has 3 nitrogen and oxygen atoms in total. The molecule has 0 fully saturated rings. The van der Waals surface area contributed by atoms with Crippen molar-refractivity contribution >= 4 is 33.4 Å². The van der Waals surface area contributed by atoms with Gasteiger partial charge in [0, 0.05) is 0 Å². The molecule has 0 aliphatic carbocycles. The standard InChI is InChI=1S/C12H11BrF2N2OS/c13-11-4-1-8(5-17-11)16-6-9-2-3-10(18-9)7-19-12(14)15/h1-5,12,16H,6-7H2. The van der Waals surface area contributed by atoms with E-state index in [-0.39, 0.29) is 5.75 Å². The number of aromatic nitrogens is 1. The predicted molar refractivity (Wildman–Crippen MR) is 75.3 cm³/mol. The maximum absolute atomic E-state index is 12.0. The van der Waals surface area contributed by atoms with Crippen LogP contribution in [0.3, 0.4) is 0 Å². The Balaban J connectivity index is 1.84. The van der Waals surface area contributed by atoms with Crippen LogP contribution in [-0.4, -0.2) is 10.7 Å². The molecule has 0 aliphatic heterocycles. The Morgan fingerprint density at radius 2 is 2.05 bits per heavy atom. The molecule has 0 amide bonds. The van der Waals surface area contributed by atoms with Crippen LogP contribution in [0.5, 0.6) is 0 Å². The molecule has 1 N–H and O–H groups in total. The average Bonchev–Trinajstić information content (AvgIpc) is 2.84. The van der Waals surface area contributed by atoms with E-state index in [9.17, 15) is 8.78 Å². The van der Waals surface area contributed by atoms with Crippen molar-refractivity contribution in [1.82, 2.24) is 4.98 Å². The highest BCUT2D eigenvalue weighted by atomic mass is 79.9. The molecule has 0 aromatic carbocycles. The third-order valence-electron chi connectivity index (χ3n) is 2.26. The number of hydrogen-bond donors (Lipinski definition) is 1. The summed E-state index contributed by atoms with van der Waals surface area (Å²) in [6.45, 7) is 0.489. The number of alkyl halides is 2. The molecular formula is C12H11BrF2N2OS. The van der Waals surface area contributed by atoms with Gasteiger partial charge in [-0.05, 0) is 40.2 Å². The number of nitrogens with one attached hydrogen (secondary N) is 1. The number of rotatable bonds is 6. The molecule has 2 aromatic heterocycles. The Morgan fingerprint density at radius 3 is 2.74 bits per heavy atom. The number of thioether (sulfide) groups is 1. The van der Waals surface area contributed by atoms with Gasteiger partial charge in [-0.15, -0.1) is 0 Å². The van der Waals surface area contributed by atoms with Gasteiger partial charge in [-0.25, -0.2) is 4.98 Å². The Bertz CT molecular complexity index is 519. The molecule has 102 valence electrons. The largest absolute Gasteiger partial charge is 0.463 e. The first kappa shape index (κ1) is 14.3. The van der Waals surface area contributed by atoms with E-state index in [0.29, 0.717) is 29.8 Å². The lowest BCUT2D eigenvalue weighted by Crippen LogP contribution is -1.98. The van der Waals surface area contributed by atoms with Crippen molar-refractivity contribution in [2.24, 2.45) is 0 Å². The zero-order valence-electron chi connectivity index (χ0n) is 9.78. The van der Waals surface area contributed by atoms with Gasteiger partial charge < -0.3 is 9.73 Å². The van der Waals surface area contributed by atoms with Gasteiger partial charge in [0.05, 0.1) is 24.2 Å². The van der Waals surface area contributed by atoms with Gasteiger partial charge >= 0.3 is 0 Å². The number of nitrogens with zero attached hydrogens (tertiary/aromatic N) is 1.